The molecule has 1 aliphatic carbocycles. The topological polar surface area (TPSA) is 70.6 Å². The van der Waals surface area contributed by atoms with E-state index in [9.17, 15) is 0 Å². The van der Waals surface area contributed by atoms with Crippen molar-refractivity contribution in [2.24, 2.45) is 16.8 Å². The third-order valence-electron chi connectivity index (χ3n) is 3.43. The van der Waals surface area contributed by atoms with Crippen LogP contribution in [0, 0.1) is 5.92 Å². The maximum Gasteiger partial charge on any atom is 0.170 e. The van der Waals surface area contributed by atoms with Gasteiger partial charge in [0, 0.05) is 17.1 Å². The number of oxime groups is 1. The molecule has 4 N–H and O–H groups in total. The quantitative estimate of drug-likeness (QED) is 0.332. The number of hydrogen-bond acceptors (Lipinski definition) is 3. The summed E-state index contributed by atoms with van der Waals surface area (Å²) >= 11 is 6.16. The van der Waals surface area contributed by atoms with E-state index in [1.807, 2.05) is 6.07 Å². The van der Waals surface area contributed by atoms with Gasteiger partial charge in [0.15, 0.2) is 5.84 Å². The molecule has 0 unspecified atom stereocenters. The molecule has 0 heterocycles. The first-order valence-electron chi connectivity index (χ1n) is 6.17. The summed E-state index contributed by atoms with van der Waals surface area (Å²) < 4.78 is 0. The van der Waals surface area contributed by atoms with Gasteiger partial charge in [-0.3, -0.25) is 0 Å². The molecule has 0 amide bonds. The number of nitrogens with zero attached hydrogens (tertiary/aromatic N) is 1. The molecule has 1 saturated carbocycles. The van der Waals surface area contributed by atoms with Crippen LogP contribution in [0.1, 0.15) is 30.4 Å². The van der Waals surface area contributed by atoms with Gasteiger partial charge < -0.3 is 16.3 Å². The number of halogens is 1. The average Bonchev–Trinajstić information content (AvgIpc) is 2.32. The van der Waals surface area contributed by atoms with Gasteiger partial charge in [0.2, 0.25) is 0 Å². The van der Waals surface area contributed by atoms with Crippen LogP contribution < -0.4 is 11.1 Å². The Bertz CT molecular complexity index is 444. The zero-order chi connectivity index (χ0) is 13.0. The lowest BCUT2D eigenvalue weighted by Crippen LogP contribution is -2.27. The van der Waals surface area contributed by atoms with Gasteiger partial charge in [-0.15, -0.1) is 0 Å². The fourth-order valence-electron chi connectivity index (χ4n) is 2.02. The van der Waals surface area contributed by atoms with Crippen LogP contribution >= 0.6 is 11.6 Å². The van der Waals surface area contributed by atoms with Crippen LogP contribution in [-0.2, 0) is 6.54 Å². The van der Waals surface area contributed by atoms with Crippen LogP contribution in [0.4, 0.5) is 0 Å². The monoisotopic (exact) mass is 267 g/mol. The summed E-state index contributed by atoms with van der Waals surface area (Å²) in [5, 5.41) is 15.6. The number of nitrogens with two attached hydrogens (primary N) is 1. The van der Waals surface area contributed by atoms with E-state index in [1.165, 1.54) is 19.3 Å². The predicted molar refractivity (Wildman–Crippen MR) is 73.0 cm³/mol. The molecule has 1 fully saturated rings. The molecule has 0 radical (unpaired) electrons. The van der Waals surface area contributed by atoms with E-state index >= 15 is 0 Å². The molecule has 1 aromatic rings. The Morgan fingerprint density at radius 1 is 1.50 bits per heavy atom. The average molecular weight is 268 g/mol. The molecular formula is C13H18ClN3O. The molecule has 2 rings (SSSR count). The van der Waals surface area contributed by atoms with Crippen LogP contribution in [0.15, 0.2) is 23.4 Å². The Kier molecular flexibility index (Phi) is 4.44. The van der Waals surface area contributed by atoms with Crippen LogP contribution in [0.5, 0.6) is 0 Å². The van der Waals surface area contributed by atoms with Gasteiger partial charge >= 0.3 is 0 Å². The summed E-state index contributed by atoms with van der Waals surface area (Å²) in [7, 11) is 0. The molecule has 1 aromatic carbocycles. The van der Waals surface area contributed by atoms with E-state index in [-0.39, 0.29) is 5.84 Å². The van der Waals surface area contributed by atoms with Crippen LogP contribution in [0.3, 0.4) is 0 Å². The first-order chi connectivity index (χ1) is 8.70. The summed E-state index contributed by atoms with van der Waals surface area (Å²) in [6.07, 6.45) is 4.04. The minimum Gasteiger partial charge on any atom is -0.409 e. The van der Waals surface area contributed by atoms with E-state index < -0.39 is 0 Å². The van der Waals surface area contributed by atoms with Gasteiger partial charge in [-0.25, -0.2) is 0 Å². The van der Waals surface area contributed by atoms with Crippen molar-refractivity contribution in [1.82, 2.24) is 5.32 Å². The number of amidine groups is 1. The predicted octanol–water partition coefficient (Wildman–Crippen LogP) is 2.32. The van der Waals surface area contributed by atoms with Crippen LogP contribution in [0.2, 0.25) is 5.02 Å². The Hall–Kier alpha value is -1.26. The van der Waals surface area contributed by atoms with Gasteiger partial charge in [0.05, 0.1) is 0 Å². The smallest absolute Gasteiger partial charge is 0.170 e. The van der Waals surface area contributed by atoms with E-state index in [2.05, 4.69) is 10.5 Å². The molecule has 4 nitrogen and oxygen atoms in total. The van der Waals surface area contributed by atoms with E-state index in [1.54, 1.807) is 12.1 Å². The normalized spacial score (nSPS) is 16.6. The van der Waals surface area contributed by atoms with Gasteiger partial charge in [0.25, 0.3) is 0 Å². The van der Waals surface area contributed by atoms with Crippen LogP contribution in [-0.4, -0.2) is 17.6 Å². The Labute approximate surface area is 112 Å². The Balaban J connectivity index is 1.92. The maximum atomic E-state index is 8.59. The van der Waals surface area contributed by atoms with E-state index in [0.717, 1.165) is 24.6 Å². The van der Waals surface area contributed by atoms with Crippen molar-refractivity contribution in [3.63, 3.8) is 0 Å². The molecule has 0 saturated heterocycles. The van der Waals surface area contributed by atoms with Crippen LogP contribution in [0.25, 0.3) is 0 Å². The second kappa shape index (κ2) is 6.07. The van der Waals surface area contributed by atoms with Gasteiger partial charge in [-0.05, 0) is 36.9 Å². The zero-order valence-electron chi connectivity index (χ0n) is 10.2. The lowest BCUT2D eigenvalue weighted by atomic mass is 9.85. The zero-order valence-corrected chi connectivity index (χ0v) is 11.0. The second-order valence-electron chi connectivity index (χ2n) is 4.72. The fourth-order valence-corrected chi connectivity index (χ4v) is 2.26. The highest BCUT2D eigenvalue weighted by atomic mass is 35.5. The standard InChI is InChI=1S/C13H18ClN3O/c14-12-6-10(13(15)17-18)4-5-11(12)8-16-7-9-2-1-3-9/h4-6,9,16,18H,1-3,7-8H2,(H2,15,17). The van der Waals surface area contributed by atoms with Gasteiger partial charge in [-0.2, -0.15) is 0 Å². The minimum atomic E-state index is 0.0749. The Morgan fingerprint density at radius 3 is 2.83 bits per heavy atom. The second-order valence-corrected chi connectivity index (χ2v) is 5.13. The minimum absolute atomic E-state index is 0.0749. The van der Waals surface area contributed by atoms with Crippen molar-refractivity contribution in [3.8, 4) is 0 Å². The van der Waals surface area contributed by atoms with Crippen molar-refractivity contribution in [1.29, 1.82) is 0 Å². The third kappa shape index (κ3) is 3.15. The number of nitrogens with one attached hydrogen (secondary N) is 1. The van der Waals surface area contributed by atoms with Crippen molar-refractivity contribution in [3.05, 3.63) is 34.3 Å². The summed E-state index contributed by atoms with van der Waals surface area (Å²) in [5.74, 6) is 0.908. The fraction of sp³-hybridized carbons (Fsp3) is 0.462. The van der Waals surface area contributed by atoms with E-state index in [4.69, 9.17) is 22.5 Å². The molecule has 1 aliphatic rings. The summed E-state index contributed by atoms with van der Waals surface area (Å²) in [5.41, 5.74) is 7.17. The molecular weight excluding hydrogens is 250 g/mol. The molecule has 0 spiro atoms. The van der Waals surface area contributed by atoms with Crippen molar-refractivity contribution in [2.45, 2.75) is 25.8 Å². The van der Waals surface area contributed by atoms with Gasteiger partial charge in [-0.1, -0.05) is 35.3 Å². The molecule has 18 heavy (non-hydrogen) atoms. The maximum absolute atomic E-state index is 8.59. The highest BCUT2D eigenvalue weighted by Gasteiger charge is 2.16. The van der Waals surface area contributed by atoms with E-state index in [0.29, 0.717) is 10.6 Å². The number of benzene rings is 1. The highest BCUT2D eigenvalue weighted by molar-refractivity contribution is 6.31. The first-order valence-corrected chi connectivity index (χ1v) is 6.55. The van der Waals surface area contributed by atoms with Crippen molar-refractivity contribution < 1.29 is 5.21 Å². The highest BCUT2D eigenvalue weighted by Crippen LogP contribution is 2.25. The Morgan fingerprint density at radius 2 is 2.28 bits per heavy atom. The third-order valence-corrected chi connectivity index (χ3v) is 3.78. The lowest BCUT2D eigenvalue weighted by Gasteiger charge is -2.25. The summed E-state index contributed by atoms with van der Waals surface area (Å²) in [6, 6.07) is 5.43. The molecule has 0 aliphatic heterocycles. The lowest BCUT2D eigenvalue weighted by molar-refractivity contribution is 0.301. The summed E-state index contributed by atoms with van der Waals surface area (Å²) in [4.78, 5) is 0. The molecule has 0 bridgehead atoms. The first kappa shape index (κ1) is 13.2. The molecule has 98 valence electrons. The number of rotatable bonds is 5. The molecule has 0 atom stereocenters. The molecule has 0 aromatic heterocycles. The largest absolute Gasteiger partial charge is 0.409 e. The van der Waals surface area contributed by atoms with Crippen molar-refractivity contribution in [2.75, 3.05) is 6.54 Å². The van der Waals surface area contributed by atoms with Crippen molar-refractivity contribution >= 4 is 17.4 Å². The number of hydrogen-bond donors (Lipinski definition) is 3. The SMILES string of the molecule is N/C(=N/O)c1ccc(CNCC2CCC2)c(Cl)c1. The summed E-state index contributed by atoms with van der Waals surface area (Å²) in [6.45, 7) is 1.81. The molecule has 5 heteroatoms. The van der Waals surface area contributed by atoms with Gasteiger partial charge in [0.1, 0.15) is 0 Å².